The Morgan fingerprint density at radius 2 is 2.08 bits per heavy atom. The van der Waals surface area contributed by atoms with Crippen molar-refractivity contribution in [2.24, 2.45) is 0 Å². The van der Waals surface area contributed by atoms with E-state index in [4.69, 9.17) is 19.3 Å². The van der Waals surface area contributed by atoms with E-state index in [-0.39, 0.29) is 25.1 Å². The number of benzene rings is 1. The topological polar surface area (TPSA) is 114 Å². The Morgan fingerprint density at radius 3 is 2.77 bits per heavy atom. The number of hydrogen-bond donors (Lipinski definition) is 1. The summed E-state index contributed by atoms with van der Waals surface area (Å²) in [4.78, 5) is 23.8. The number of aromatic nitrogens is 1. The number of ether oxygens (including phenoxy) is 2. The van der Waals surface area contributed by atoms with E-state index < -0.39 is 18.5 Å². The Hall–Kier alpha value is -3.34. The van der Waals surface area contributed by atoms with Crippen LogP contribution in [-0.2, 0) is 16.1 Å². The SMILES string of the molecule is Cc1noc(C)c1COc1ccccc1C(=O)OCC(=O)NCCC#N. The van der Waals surface area contributed by atoms with E-state index in [1.54, 1.807) is 38.1 Å². The standard InChI is InChI=1S/C18H19N3O5/c1-12-15(13(2)26-21-12)10-24-16-7-4-3-6-14(16)18(23)25-11-17(22)20-9-5-8-19/h3-4,6-7H,5,9-11H2,1-2H3,(H,20,22). The first-order chi connectivity index (χ1) is 12.5. The molecule has 0 aliphatic carbocycles. The summed E-state index contributed by atoms with van der Waals surface area (Å²) in [6, 6.07) is 8.50. The molecule has 0 radical (unpaired) electrons. The fourth-order valence-electron chi connectivity index (χ4n) is 2.14. The highest BCUT2D eigenvalue weighted by atomic mass is 16.5. The first-order valence-corrected chi connectivity index (χ1v) is 7.97. The highest BCUT2D eigenvalue weighted by Gasteiger charge is 2.17. The molecule has 1 aromatic heterocycles. The molecule has 0 fully saturated rings. The lowest BCUT2D eigenvalue weighted by Gasteiger charge is -2.11. The van der Waals surface area contributed by atoms with Gasteiger partial charge in [-0.25, -0.2) is 4.79 Å². The Kier molecular flexibility index (Phi) is 6.74. The molecule has 0 saturated heterocycles. The molecule has 8 heteroatoms. The highest BCUT2D eigenvalue weighted by Crippen LogP contribution is 2.22. The first kappa shape index (κ1) is 19.0. The Bertz CT molecular complexity index is 803. The number of para-hydroxylation sites is 1. The van der Waals surface area contributed by atoms with Gasteiger partial charge in [-0.05, 0) is 26.0 Å². The van der Waals surface area contributed by atoms with Crippen molar-refractivity contribution in [2.45, 2.75) is 26.9 Å². The van der Waals surface area contributed by atoms with Crippen molar-refractivity contribution in [1.82, 2.24) is 10.5 Å². The third-order valence-corrected chi connectivity index (χ3v) is 3.55. The summed E-state index contributed by atoms with van der Waals surface area (Å²) in [6.07, 6.45) is 0.193. The summed E-state index contributed by atoms with van der Waals surface area (Å²) in [5, 5.41) is 14.7. The molecule has 136 valence electrons. The van der Waals surface area contributed by atoms with Crippen LogP contribution in [-0.4, -0.2) is 30.2 Å². The predicted molar refractivity (Wildman–Crippen MR) is 90.3 cm³/mol. The van der Waals surface area contributed by atoms with Crippen LogP contribution in [0.1, 0.15) is 33.8 Å². The van der Waals surface area contributed by atoms with Crippen molar-refractivity contribution < 1.29 is 23.6 Å². The molecule has 0 unspecified atom stereocenters. The fraction of sp³-hybridized carbons (Fsp3) is 0.333. The molecule has 1 N–H and O–H groups in total. The number of rotatable bonds is 8. The minimum Gasteiger partial charge on any atom is -0.488 e. The number of carbonyl (C=O) groups excluding carboxylic acids is 2. The van der Waals surface area contributed by atoms with Crippen molar-refractivity contribution in [3.05, 3.63) is 46.8 Å². The maximum Gasteiger partial charge on any atom is 0.342 e. The fourth-order valence-corrected chi connectivity index (χ4v) is 2.14. The normalized spacial score (nSPS) is 10.0. The van der Waals surface area contributed by atoms with Gasteiger partial charge in [0.1, 0.15) is 23.7 Å². The lowest BCUT2D eigenvalue weighted by molar-refractivity contribution is -0.124. The monoisotopic (exact) mass is 357 g/mol. The number of hydrogen-bond acceptors (Lipinski definition) is 7. The quantitative estimate of drug-likeness (QED) is 0.568. The summed E-state index contributed by atoms with van der Waals surface area (Å²) in [7, 11) is 0. The number of nitriles is 1. The number of esters is 1. The average Bonchev–Trinajstić information content (AvgIpc) is 2.96. The van der Waals surface area contributed by atoms with E-state index >= 15 is 0 Å². The molecule has 0 bridgehead atoms. The van der Waals surface area contributed by atoms with Gasteiger partial charge < -0.3 is 19.3 Å². The van der Waals surface area contributed by atoms with E-state index in [9.17, 15) is 9.59 Å². The predicted octanol–water partition coefficient (Wildman–Crippen LogP) is 2.06. The van der Waals surface area contributed by atoms with Gasteiger partial charge in [-0.15, -0.1) is 0 Å². The molecule has 26 heavy (non-hydrogen) atoms. The van der Waals surface area contributed by atoms with Crippen LogP contribution in [0.15, 0.2) is 28.8 Å². The van der Waals surface area contributed by atoms with Gasteiger partial charge in [0.2, 0.25) is 0 Å². The highest BCUT2D eigenvalue weighted by molar-refractivity contribution is 5.93. The van der Waals surface area contributed by atoms with Crippen LogP contribution >= 0.6 is 0 Å². The van der Waals surface area contributed by atoms with E-state index in [1.807, 2.05) is 6.07 Å². The molecule has 0 spiro atoms. The molecule has 0 saturated carbocycles. The van der Waals surface area contributed by atoms with Gasteiger partial charge in [-0.1, -0.05) is 17.3 Å². The largest absolute Gasteiger partial charge is 0.488 e. The van der Waals surface area contributed by atoms with Gasteiger partial charge in [0.05, 0.1) is 23.7 Å². The minimum absolute atomic E-state index is 0.193. The zero-order valence-electron chi connectivity index (χ0n) is 14.6. The number of nitrogens with one attached hydrogen (secondary N) is 1. The van der Waals surface area contributed by atoms with Crippen molar-refractivity contribution in [1.29, 1.82) is 5.26 Å². The summed E-state index contributed by atoms with van der Waals surface area (Å²) >= 11 is 0. The van der Waals surface area contributed by atoms with Gasteiger partial charge >= 0.3 is 5.97 Å². The Balaban J connectivity index is 1.96. The van der Waals surface area contributed by atoms with Gasteiger partial charge in [0.25, 0.3) is 5.91 Å². The third kappa shape index (κ3) is 5.08. The minimum atomic E-state index is -0.671. The van der Waals surface area contributed by atoms with Gasteiger partial charge in [0, 0.05) is 6.54 Å². The second-order valence-electron chi connectivity index (χ2n) is 5.42. The van der Waals surface area contributed by atoms with Crippen LogP contribution in [0.5, 0.6) is 5.75 Å². The number of carbonyl (C=O) groups is 2. The molecule has 2 rings (SSSR count). The zero-order chi connectivity index (χ0) is 18.9. The molecular weight excluding hydrogens is 338 g/mol. The molecule has 1 heterocycles. The van der Waals surface area contributed by atoms with Crippen LogP contribution in [0.4, 0.5) is 0 Å². The van der Waals surface area contributed by atoms with Crippen LogP contribution in [0.3, 0.4) is 0 Å². The van der Waals surface area contributed by atoms with Crippen molar-refractivity contribution in [3.8, 4) is 11.8 Å². The smallest absolute Gasteiger partial charge is 0.342 e. The maximum absolute atomic E-state index is 12.2. The molecular formula is C18H19N3O5. The maximum atomic E-state index is 12.2. The summed E-state index contributed by atoms with van der Waals surface area (Å²) in [6.45, 7) is 3.57. The lowest BCUT2D eigenvalue weighted by atomic mass is 10.2. The van der Waals surface area contributed by atoms with Gasteiger partial charge in [0.15, 0.2) is 6.61 Å². The molecule has 1 amide bonds. The first-order valence-electron chi connectivity index (χ1n) is 7.97. The summed E-state index contributed by atoms with van der Waals surface area (Å²) in [5.74, 6) is -0.156. The number of aryl methyl sites for hydroxylation is 2. The van der Waals surface area contributed by atoms with Crippen molar-refractivity contribution in [3.63, 3.8) is 0 Å². The van der Waals surface area contributed by atoms with Crippen LogP contribution in [0.2, 0.25) is 0 Å². The van der Waals surface area contributed by atoms with Crippen LogP contribution in [0, 0.1) is 25.2 Å². The van der Waals surface area contributed by atoms with Crippen molar-refractivity contribution >= 4 is 11.9 Å². The molecule has 2 aromatic rings. The molecule has 0 atom stereocenters. The van der Waals surface area contributed by atoms with Gasteiger partial charge in [-0.2, -0.15) is 5.26 Å². The summed E-state index contributed by atoms with van der Waals surface area (Å²) in [5.41, 5.74) is 1.74. The number of amides is 1. The average molecular weight is 357 g/mol. The van der Waals surface area contributed by atoms with E-state index in [1.165, 1.54) is 0 Å². The van der Waals surface area contributed by atoms with Gasteiger partial charge in [-0.3, -0.25) is 4.79 Å². The molecule has 0 aliphatic heterocycles. The second kappa shape index (κ2) is 9.22. The van der Waals surface area contributed by atoms with E-state index in [0.29, 0.717) is 11.5 Å². The van der Waals surface area contributed by atoms with Crippen molar-refractivity contribution in [2.75, 3.05) is 13.2 Å². The number of nitrogens with zero attached hydrogens (tertiary/aromatic N) is 2. The Morgan fingerprint density at radius 1 is 1.31 bits per heavy atom. The van der Waals surface area contributed by atoms with E-state index in [2.05, 4.69) is 10.5 Å². The van der Waals surface area contributed by atoms with Crippen LogP contribution in [0.25, 0.3) is 0 Å². The Labute approximate surface area is 150 Å². The molecule has 8 nitrogen and oxygen atoms in total. The lowest BCUT2D eigenvalue weighted by Crippen LogP contribution is -2.29. The molecule has 0 aliphatic rings. The summed E-state index contributed by atoms with van der Waals surface area (Å²) < 4.78 is 15.8. The second-order valence-corrected chi connectivity index (χ2v) is 5.42. The third-order valence-electron chi connectivity index (χ3n) is 3.55. The zero-order valence-corrected chi connectivity index (χ0v) is 14.6. The van der Waals surface area contributed by atoms with E-state index in [0.717, 1.165) is 11.3 Å². The molecule has 1 aromatic carbocycles. The van der Waals surface area contributed by atoms with Crippen LogP contribution < -0.4 is 10.1 Å².